The van der Waals surface area contributed by atoms with Crippen molar-refractivity contribution in [2.45, 2.75) is 52.1 Å². The van der Waals surface area contributed by atoms with Crippen LogP contribution in [-0.2, 0) is 17.8 Å². The van der Waals surface area contributed by atoms with Crippen molar-refractivity contribution in [1.82, 2.24) is 10.2 Å². The molecule has 0 bridgehead atoms. The van der Waals surface area contributed by atoms with E-state index < -0.39 is 5.54 Å². The van der Waals surface area contributed by atoms with E-state index in [2.05, 4.69) is 43.4 Å². The van der Waals surface area contributed by atoms with E-state index in [4.69, 9.17) is 16.6 Å². The fraction of sp³-hybridized carbons (Fsp3) is 0.417. The van der Waals surface area contributed by atoms with Gasteiger partial charge >= 0.3 is 0 Å². The van der Waals surface area contributed by atoms with Gasteiger partial charge in [0.25, 0.3) is 5.91 Å². The quantitative estimate of drug-likeness (QED) is 0.616. The van der Waals surface area contributed by atoms with E-state index >= 15 is 0 Å². The molecule has 1 saturated heterocycles. The van der Waals surface area contributed by atoms with Gasteiger partial charge < -0.3 is 5.32 Å². The van der Waals surface area contributed by atoms with Gasteiger partial charge in [-0.25, -0.2) is 0 Å². The summed E-state index contributed by atoms with van der Waals surface area (Å²) >= 11 is 6.14. The van der Waals surface area contributed by atoms with Crippen molar-refractivity contribution in [3.05, 3.63) is 70.7 Å². The molecular weight excluding hydrogens is 382 g/mol. The van der Waals surface area contributed by atoms with E-state index in [1.54, 1.807) is 4.90 Å². The molecule has 2 aromatic carbocycles. The Bertz CT molecular complexity index is 865. The zero-order chi connectivity index (χ0) is 20.9. The van der Waals surface area contributed by atoms with Gasteiger partial charge in [-0.05, 0) is 55.4 Å². The molecule has 2 aromatic rings. The highest BCUT2D eigenvalue weighted by Crippen LogP contribution is 2.27. The molecule has 4 nitrogen and oxygen atoms in total. The molecule has 1 aliphatic rings. The van der Waals surface area contributed by atoms with Crippen LogP contribution in [-0.4, -0.2) is 28.9 Å². The summed E-state index contributed by atoms with van der Waals surface area (Å²) in [6, 6.07) is 18.1. The largest absolute Gasteiger partial charge is 0.342 e. The Morgan fingerprint density at radius 1 is 1.10 bits per heavy atom. The van der Waals surface area contributed by atoms with Gasteiger partial charge in [-0.1, -0.05) is 67.9 Å². The summed E-state index contributed by atoms with van der Waals surface area (Å²) in [7, 11) is 0. The van der Waals surface area contributed by atoms with Crippen molar-refractivity contribution in [2.24, 2.45) is 10.9 Å². The van der Waals surface area contributed by atoms with Crippen molar-refractivity contribution in [1.29, 1.82) is 0 Å². The third-order valence-electron chi connectivity index (χ3n) is 5.13. The molecule has 0 spiro atoms. The lowest BCUT2D eigenvalue weighted by Gasteiger charge is -2.24. The number of nitrogens with one attached hydrogen (secondary N) is 1. The van der Waals surface area contributed by atoms with Gasteiger partial charge in [0.1, 0.15) is 5.54 Å². The highest BCUT2D eigenvalue weighted by molar-refractivity contribution is 6.30. The SMILES string of the molecule is CC(C)CC1(C)NC(=NCCCc2ccccc2)N(Cc2cccc(Cl)c2)C1=O. The van der Waals surface area contributed by atoms with Gasteiger partial charge in [-0.3, -0.25) is 14.7 Å². The van der Waals surface area contributed by atoms with Crippen LogP contribution < -0.4 is 5.32 Å². The third kappa shape index (κ3) is 5.60. The predicted molar refractivity (Wildman–Crippen MR) is 120 cm³/mol. The number of benzene rings is 2. The van der Waals surface area contributed by atoms with Crippen LogP contribution >= 0.6 is 11.6 Å². The maximum Gasteiger partial charge on any atom is 0.255 e. The number of aliphatic imine (C=N–C) groups is 1. The van der Waals surface area contributed by atoms with Crippen LogP contribution in [0, 0.1) is 5.92 Å². The molecule has 0 saturated carbocycles. The summed E-state index contributed by atoms with van der Waals surface area (Å²) < 4.78 is 0. The number of hydrogen-bond acceptors (Lipinski definition) is 2. The van der Waals surface area contributed by atoms with Gasteiger partial charge in [0, 0.05) is 11.6 Å². The van der Waals surface area contributed by atoms with Crippen LogP contribution in [0.1, 0.15) is 44.7 Å². The van der Waals surface area contributed by atoms with Crippen molar-refractivity contribution in [3.63, 3.8) is 0 Å². The van der Waals surface area contributed by atoms with Crippen LogP contribution in [0.2, 0.25) is 5.02 Å². The van der Waals surface area contributed by atoms with E-state index in [0.717, 1.165) is 24.8 Å². The molecule has 5 heteroatoms. The van der Waals surface area contributed by atoms with Crippen molar-refractivity contribution in [3.8, 4) is 0 Å². The molecule has 1 unspecified atom stereocenters. The Morgan fingerprint density at radius 2 is 1.83 bits per heavy atom. The Balaban J connectivity index is 1.74. The Labute approximate surface area is 179 Å². The van der Waals surface area contributed by atoms with E-state index in [1.165, 1.54) is 5.56 Å². The minimum Gasteiger partial charge on any atom is -0.342 e. The first kappa shape index (κ1) is 21.4. The smallest absolute Gasteiger partial charge is 0.255 e. The second-order valence-electron chi connectivity index (χ2n) is 8.37. The van der Waals surface area contributed by atoms with Gasteiger partial charge in [-0.2, -0.15) is 0 Å². The van der Waals surface area contributed by atoms with Crippen molar-refractivity contribution < 1.29 is 4.79 Å². The molecule has 1 amide bonds. The van der Waals surface area contributed by atoms with E-state index in [9.17, 15) is 4.79 Å². The number of aryl methyl sites for hydroxylation is 1. The van der Waals surface area contributed by atoms with E-state index in [-0.39, 0.29) is 5.91 Å². The molecule has 154 valence electrons. The Morgan fingerprint density at radius 3 is 2.52 bits per heavy atom. The first-order chi connectivity index (χ1) is 13.9. The molecule has 1 atom stereocenters. The molecular formula is C24H30ClN3O. The van der Waals surface area contributed by atoms with Gasteiger partial charge in [-0.15, -0.1) is 0 Å². The lowest BCUT2D eigenvalue weighted by molar-refractivity contribution is -0.131. The average molecular weight is 412 g/mol. The monoisotopic (exact) mass is 411 g/mol. The van der Waals surface area contributed by atoms with Gasteiger partial charge in [0.15, 0.2) is 0 Å². The number of nitrogens with zero attached hydrogens (tertiary/aromatic N) is 2. The van der Waals surface area contributed by atoms with Crippen molar-refractivity contribution in [2.75, 3.05) is 6.54 Å². The molecule has 1 aliphatic heterocycles. The molecule has 1 N–H and O–H groups in total. The van der Waals surface area contributed by atoms with Crippen LogP contribution in [0.3, 0.4) is 0 Å². The second kappa shape index (κ2) is 9.45. The normalized spacial score (nSPS) is 20.5. The zero-order valence-electron chi connectivity index (χ0n) is 17.5. The summed E-state index contributed by atoms with van der Waals surface area (Å²) in [5.74, 6) is 1.15. The minimum absolute atomic E-state index is 0.0768. The molecule has 0 aromatic heterocycles. The molecule has 3 rings (SSSR count). The summed E-state index contributed by atoms with van der Waals surface area (Å²) in [6.45, 7) is 7.39. The van der Waals surface area contributed by atoms with Gasteiger partial charge in [0.2, 0.25) is 5.96 Å². The van der Waals surface area contributed by atoms with E-state index in [1.807, 2.05) is 37.3 Å². The molecule has 0 radical (unpaired) electrons. The first-order valence-corrected chi connectivity index (χ1v) is 10.7. The molecule has 29 heavy (non-hydrogen) atoms. The van der Waals surface area contributed by atoms with Crippen molar-refractivity contribution >= 4 is 23.5 Å². The topological polar surface area (TPSA) is 44.7 Å². The standard InChI is InChI=1S/C24H30ClN3O/c1-18(2)16-24(3)22(29)28(17-20-11-7-13-21(25)15-20)23(27-24)26-14-8-12-19-9-5-4-6-10-19/h4-7,9-11,13,15,18H,8,12,14,16-17H2,1-3H3,(H,26,27). The lowest BCUT2D eigenvalue weighted by Crippen LogP contribution is -2.45. The maximum absolute atomic E-state index is 13.3. The van der Waals surface area contributed by atoms with Crippen LogP contribution in [0.4, 0.5) is 0 Å². The second-order valence-corrected chi connectivity index (χ2v) is 8.81. The lowest BCUT2D eigenvalue weighted by atomic mass is 9.91. The van der Waals surface area contributed by atoms with Gasteiger partial charge in [0.05, 0.1) is 6.54 Å². The number of rotatable bonds is 8. The highest BCUT2D eigenvalue weighted by atomic mass is 35.5. The predicted octanol–water partition coefficient (Wildman–Crippen LogP) is 5.07. The van der Waals surface area contributed by atoms with Crippen LogP contribution in [0.15, 0.2) is 59.6 Å². The number of halogens is 1. The number of hydrogen-bond donors (Lipinski definition) is 1. The fourth-order valence-corrected chi connectivity index (χ4v) is 4.13. The minimum atomic E-state index is -0.620. The third-order valence-corrected chi connectivity index (χ3v) is 5.37. The van der Waals surface area contributed by atoms with Crippen LogP contribution in [0.5, 0.6) is 0 Å². The highest BCUT2D eigenvalue weighted by Gasteiger charge is 2.46. The molecule has 1 fully saturated rings. The number of carbonyl (C=O) groups is 1. The summed E-state index contributed by atoms with van der Waals surface area (Å²) in [6.07, 6.45) is 2.68. The first-order valence-electron chi connectivity index (χ1n) is 10.3. The molecule has 0 aliphatic carbocycles. The Kier molecular flexibility index (Phi) is 6.96. The zero-order valence-corrected chi connectivity index (χ0v) is 18.2. The number of guanidine groups is 1. The van der Waals surface area contributed by atoms with Crippen LogP contribution in [0.25, 0.3) is 0 Å². The average Bonchev–Trinajstić information content (AvgIpc) is 2.90. The number of amides is 1. The van der Waals surface area contributed by atoms with E-state index in [0.29, 0.717) is 30.0 Å². The number of carbonyl (C=O) groups excluding carboxylic acids is 1. The Hall–Kier alpha value is -2.33. The fourth-order valence-electron chi connectivity index (χ4n) is 3.92. The summed E-state index contributed by atoms with van der Waals surface area (Å²) in [5, 5.41) is 4.10. The summed E-state index contributed by atoms with van der Waals surface area (Å²) in [4.78, 5) is 19.8. The molecule has 1 heterocycles. The maximum atomic E-state index is 13.3. The summed E-state index contributed by atoms with van der Waals surface area (Å²) in [5.41, 5.74) is 1.69.